The highest BCUT2D eigenvalue weighted by Gasteiger charge is 2.37. The largest absolute Gasteiger partial charge is 0.758 e. The molecule has 0 N–H and O–H groups in total. The Morgan fingerprint density at radius 1 is 0.528 bits per heavy atom. The number of hydrogen-bond donors (Lipinski definition) is 0. The molecule has 2 aromatic rings. The van der Waals surface area contributed by atoms with Crippen molar-refractivity contribution in [2.24, 2.45) is 0 Å². The molecule has 0 spiro atoms. The molecule has 36 heavy (non-hydrogen) atoms. The number of rotatable bonds is 5. The lowest BCUT2D eigenvalue weighted by molar-refractivity contribution is -0.546. The number of nitrogens with zero attached hydrogens (tertiary/aromatic N) is 4. The molecule has 0 unspecified atom stereocenters. The van der Waals surface area contributed by atoms with Crippen LogP contribution in [0.15, 0.2) is 36.4 Å². The summed E-state index contributed by atoms with van der Waals surface area (Å²) >= 11 is 0. The smallest absolute Gasteiger partial charge is 0.264 e. The van der Waals surface area contributed by atoms with Crippen molar-refractivity contribution in [3.63, 3.8) is 0 Å². The molecular weight excluding hydrogens is 456 g/mol. The predicted molar refractivity (Wildman–Crippen MR) is 149 cm³/mol. The van der Waals surface area contributed by atoms with Gasteiger partial charge in [-0.1, -0.05) is 0 Å². The van der Waals surface area contributed by atoms with Crippen molar-refractivity contribution >= 4 is 22.7 Å². The third kappa shape index (κ3) is 6.68. The van der Waals surface area contributed by atoms with E-state index in [2.05, 4.69) is 0 Å². The molecule has 0 fully saturated rings. The van der Waals surface area contributed by atoms with Crippen LogP contribution in [0.2, 0.25) is 0 Å². The van der Waals surface area contributed by atoms with Gasteiger partial charge in [-0.15, -0.1) is 0 Å². The Hall–Kier alpha value is -2.84. The zero-order valence-electron chi connectivity index (χ0n) is 23.9. The molecule has 0 saturated carbocycles. The Kier molecular flexibility index (Phi) is 7.80. The summed E-state index contributed by atoms with van der Waals surface area (Å²) in [5, 5.41) is 28.1. The second-order valence-electron chi connectivity index (χ2n) is 13.3. The Morgan fingerprint density at radius 2 is 0.833 bits per heavy atom. The summed E-state index contributed by atoms with van der Waals surface area (Å²) in [7, 11) is 0. The maximum atomic E-state index is 13.2. The average Bonchev–Trinajstić information content (AvgIpc) is 2.73. The topological polar surface area (TPSA) is 92.8 Å². The van der Waals surface area contributed by atoms with E-state index in [0.717, 1.165) is 19.6 Å². The summed E-state index contributed by atoms with van der Waals surface area (Å²) in [5.41, 5.74) is -0.580. The minimum Gasteiger partial charge on any atom is -0.758 e. The second kappa shape index (κ2) is 9.56. The Balaban J connectivity index is 2.90. The van der Waals surface area contributed by atoms with Crippen LogP contribution in [-0.4, -0.2) is 31.7 Å². The quantitative estimate of drug-likeness (QED) is 0.306. The van der Waals surface area contributed by atoms with E-state index in [0.29, 0.717) is 33.9 Å². The normalized spacial score (nSPS) is 12.9. The van der Waals surface area contributed by atoms with E-state index in [-0.39, 0.29) is 0 Å². The number of benzene rings is 2. The van der Waals surface area contributed by atoms with Crippen LogP contribution in [0.1, 0.15) is 83.1 Å². The van der Waals surface area contributed by atoms with Crippen LogP contribution in [-0.2, 0) is 0 Å². The van der Waals surface area contributed by atoms with Crippen LogP contribution in [0.25, 0.3) is 11.1 Å². The zero-order valence-corrected chi connectivity index (χ0v) is 23.9. The molecule has 198 valence electrons. The summed E-state index contributed by atoms with van der Waals surface area (Å²) < 4.78 is 1.73. The molecule has 0 aromatic heterocycles. The van der Waals surface area contributed by atoms with E-state index in [4.69, 9.17) is 0 Å². The molecule has 0 atom stereocenters. The fourth-order valence-electron chi connectivity index (χ4n) is 3.54. The lowest BCUT2D eigenvalue weighted by atomic mass is 9.98. The maximum absolute atomic E-state index is 13.2. The average molecular weight is 499 g/mol. The van der Waals surface area contributed by atoms with Gasteiger partial charge in [-0.2, -0.15) is 0 Å². The van der Waals surface area contributed by atoms with Gasteiger partial charge in [-0.05, 0) is 70.9 Å². The van der Waals surface area contributed by atoms with Crippen LogP contribution in [0.3, 0.4) is 0 Å². The molecule has 8 heteroatoms. The molecule has 8 nitrogen and oxygen atoms in total. The van der Waals surface area contributed by atoms with Gasteiger partial charge in [0, 0.05) is 95.5 Å². The summed E-state index contributed by atoms with van der Waals surface area (Å²) in [6.45, 7) is 21.5. The standard InChI is InChI=1S/C28H42N4O4/c1-25(2,3)29(33)21-13-19(14-22(17-21)30(34)26(4,5)6)20-15-23(31(35)27(7,8)9)18-24(16-20)32(36)28(10,11)12/h13-18H,1-12H3. The van der Waals surface area contributed by atoms with Crippen LogP contribution in [0.4, 0.5) is 22.7 Å². The SMILES string of the molecule is CC(C)(C)N([O-])c1cc(-c2cc([N+](=O)C(C)(C)C)cc([N+](=O)C(C)(C)C)c2)cc(N([O-])C(C)(C)C)c1. The minimum absolute atomic E-state index is 0.316. The molecule has 0 aliphatic carbocycles. The third-order valence-electron chi connectivity index (χ3n) is 5.51. The first-order chi connectivity index (χ1) is 16.0. The zero-order chi connectivity index (χ0) is 28.0. The third-order valence-corrected chi connectivity index (χ3v) is 5.51. The lowest BCUT2D eigenvalue weighted by Crippen LogP contribution is -2.38. The van der Waals surface area contributed by atoms with Gasteiger partial charge in [0.25, 0.3) is 11.4 Å². The van der Waals surface area contributed by atoms with Crippen molar-refractivity contribution in [1.82, 2.24) is 0 Å². The monoisotopic (exact) mass is 498 g/mol. The fourth-order valence-corrected chi connectivity index (χ4v) is 3.54. The molecule has 0 saturated heterocycles. The minimum atomic E-state index is -0.742. The fraction of sp³-hybridized carbons (Fsp3) is 0.571. The van der Waals surface area contributed by atoms with Gasteiger partial charge < -0.3 is 20.5 Å². The highest BCUT2D eigenvalue weighted by molar-refractivity contribution is 5.78. The predicted octanol–water partition coefficient (Wildman–Crippen LogP) is 7.98. The van der Waals surface area contributed by atoms with Gasteiger partial charge in [0.1, 0.15) is 0 Å². The van der Waals surface area contributed by atoms with Gasteiger partial charge in [-0.25, -0.2) is 0 Å². The summed E-state index contributed by atoms with van der Waals surface area (Å²) in [5.74, 6) is 0. The van der Waals surface area contributed by atoms with E-state index in [1.165, 1.54) is 0 Å². The highest BCUT2D eigenvalue weighted by Crippen LogP contribution is 2.39. The molecule has 0 amide bonds. The molecule has 2 aromatic carbocycles. The van der Waals surface area contributed by atoms with Crippen LogP contribution < -0.4 is 10.1 Å². The van der Waals surface area contributed by atoms with Gasteiger partial charge in [0.15, 0.2) is 0 Å². The maximum Gasteiger partial charge on any atom is 0.264 e. The van der Waals surface area contributed by atoms with E-state index in [1.54, 1.807) is 119 Å². The van der Waals surface area contributed by atoms with Gasteiger partial charge in [0.2, 0.25) is 11.1 Å². The Labute approximate surface area is 215 Å². The van der Waals surface area contributed by atoms with Gasteiger partial charge in [-0.3, -0.25) is 0 Å². The molecule has 0 heterocycles. The van der Waals surface area contributed by atoms with Crippen LogP contribution in [0.5, 0.6) is 0 Å². The molecule has 0 bridgehead atoms. The number of hydrogen-bond acceptors (Lipinski definition) is 6. The van der Waals surface area contributed by atoms with Crippen molar-refractivity contribution in [3.8, 4) is 11.1 Å². The van der Waals surface area contributed by atoms with E-state index in [1.807, 2.05) is 0 Å². The first-order valence-corrected chi connectivity index (χ1v) is 12.2. The van der Waals surface area contributed by atoms with Crippen molar-refractivity contribution in [3.05, 3.63) is 56.6 Å². The van der Waals surface area contributed by atoms with Crippen molar-refractivity contribution in [1.29, 1.82) is 0 Å². The molecular formula is C28H42N4O4. The van der Waals surface area contributed by atoms with Gasteiger partial charge in [0.05, 0.1) is 6.07 Å². The second-order valence-corrected chi connectivity index (χ2v) is 13.3. The lowest BCUT2D eigenvalue weighted by Gasteiger charge is -2.47. The number of anilines is 2. The molecule has 0 radical (unpaired) electrons. The molecule has 2 rings (SSSR count). The summed E-state index contributed by atoms with van der Waals surface area (Å²) in [6.07, 6.45) is 0. The highest BCUT2D eigenvalue weighted by atomic mass is 16.5. The van der Waals surface area contributed by atoms with Crippen molar-refractivity contribution < 1.29 is 9.52 Å². The number of hydroxylamine groups is 2. The molecule has 0 aliphatic heterocycles. The van der Waals surface area contributed by atoms with Crippen molar-refractivity contribution in [2.75, 3.05) is 10.1 Å². The Bertz CT molecular complexity index is 1060. The van der Waals surface area contributed by atoms with E-state index in [9.17, 15) is 20.2 Å². The Morgan fingerprint density at radius 3 is 1.11 bits per heavy atom. The van der Waals surface area contributed by atoms with Gasteiger partial charge >= 0.3 is 0 Å². The van der Waals surface area contributed by atoms with E-state index < -0.39 is 22.2 Å². The summed E-state index contributed by atoms with van der Waals surface area (Å²) in [6, 6.07) is 9.93. The first-order valence-electron chi connectivity index (χ1n) is 12.2. The van der Waals surface area contributed by atoms with E-state index >= 15 is 0 Å². The first kappa shape index (κ1) is 29.4. The molecule has 0 aliphatic rings. The number of nitroso groups, excluding NO2 is 2. The van der Waals surface area contributed by atoms with Crippen LogP contribution >= 0.6 is 0 Å². The van der Waals surface area contributed by atoms with Crippen LogP contribution in [0, 0.1) is 20.2 Å². The summed E-state index contributed by atoms with van der Waals surface area (Å²) in [4.78, 5) is 26.3. The van der Waals surface area contributed by atoms with Crippen molar-refractivity contribution in [2.45, 2.75) is 105 Å².